The third-order valence-electron chi connectivity index (χ3n) is 5.76. The number of hydrogen-bond donors (Lipinski definition) is 2. The van der Waals surface area contributed by atoms with E-state index >= 15 is 0 Å². The summed E-state index contributed by atoms with van der Waals surface area (Å²) in [7, 11) is 1.53. The van der Waals surface area contributed by atoms with Crippen LogP contribution in [0, 0.1) is 5.41 Å². The largest absolute Gasteiger partial charge is 0.504 e. The average Bonchev–Trinajstić information content (AvgIpc) is 2.99. The smallest absolute Gasteiger partial charge is 0.326 e. The van der Waals surface area contributed by atoms with Gasteiger partial charge in [0.1, 0.15) is 6.04 Å². The lowest BCUT2D eigenvalue weighted by Gasteiger charge is -2.39. The first kappa shape index (κ1) is 18.5. The van der Waals surface area contributed by atoms with Crippen molar-refractivity contribution in [2.24, 2.45) is 5.41 Å². The van der Waals surface area contributed by atoms with Crippen molar-refractivity contribution in [2.75, 3.05) is 26.7 Å². The highest BCUT2D eigenvalue weighted by Crippen LogP contribution is 2.43. The lowest BCUT2D eigenvalue weighted by molar-refractivity contribution is -0.147. The zero-order valence-electron chi connectivity index (χ0n) is 15.3. The summed E-state index contributed by atoms with van der Waals surface area (Å²) in [6.07, 6.45) is 2.31. The molecule has 7 nitrogen and oxygen atoms in total. The molecule has 0 saturated carbocycles. The van der Waals surface area contributed by atoms with Crippen LogP contribution >= 0.6 is 0 Å². The molecule has 2 N–H and O–H groups in total. The Labute approximate surface area is 153 Å². The van der Waals surface area contributed by atoms with Crippen molar-refractivity contribution in [1.82, 2.24) is 9.80 Å². The Morgan fingerprint density at radius 2 is 2.00 bits per heavy atom. The maximum atomic E-state index is 11.8. The van der Waals surface area contributed by atoms with Crippen LogP contribution < -0.4 is 4.74 Å². The average molecular weight is 362 g/mol. The van der Waals surface area contributed by atoms with Crippen LogP contribution in [-0.4, -0.2) is 64.7 Å². The first-order valence-corrected chi connectivity index (χ1v) is 8.92. The van der Waals surface area contributed by atoms with E-state index in [9.17, 15) is 19.8 Å². The van der Waals surface area contributed by atoms with Crippen LogP contribution in [0.25, 0.3) is 0 Å². The molecule has 1 spiro atoms. The minimum Gasteiger partial charge on any atom is -0.504 e. The molecule has 3 rings (SSSR count). The molecule has 0 radical (unpaired) electrons. The number of phenolic OH excluding ortho intramolecular Hbond substituents is 1. The zero-order valence-corrected chi connectivity index (χ0v) is 15.3. The molecule has 26 heavy (non-hydrogen) atoms. The van der Waals surface area contributed by atoms with Gasteiger partial charge in [-0.25, -0.2) is 4.79 Å². The van der Waals surface area contributed by atoms with E-state index in [-0.39, 0.29) is 17.1 Å². The van der Waals surface area contributed by atoms with E-state index in [1.807, 2.05) is 12.1 Å². The molecule has 0 aliphatic carbocycles. The van der Waals surface area contributed by atoms with Gasteiger partial charge >= 0.3 is 5.97 Å². The Kier molecular flexibility index (Phi) is 5.09. The predicted octanol–water partition coefficient (Wildman–Crippen LogP) is 1.69. The monoisotopic (exact) mass is 362 g/mol. The second kappa shape index (κ2) is 7.15. The number of benzene rings is 1. The fourth-order valence-electron chi connectivity index (χ4n) is 4.23. The van der Waals surface area contributed by atoms with E-state index in [1.165, 1.54) is 18.9 Å². The predicted molar refractivity (Wildman–Crippen MR) is 95.0 cm³/mol. The van der Waals surface area contributed by atoms with E-state index in [0.717, 1.165) is 38.0 Å². The molecular formula is C19H26N2O5. The summed E-state index contributed by atoms with van der Waals surface area (Å²) in [5, 5.41) is 19.1. The number of nitrogens with zero attached hydrogens (tertiary/aromatic N) is 2. The second-order valence-corrected chi connectivity index (χ2v) is 7.49. The van der Waals surface area contributed by atoms with Gasteiger partial charge in [-0.3, -0.25) is 9.69 Å². The molecule has 1 aromatic rings. The number of aliphatic carboxylic acids is 1. The van der Waals surface area contributed by atoms with Crippen molar-refractivity contribution in [2.45, 2.75) is 38.8 Å². The fraction of sp³-hybridized carbons (Fsp3) is 0.579. The minimum absolute atomic E-state index is 0.0854. The Morgan fingerprint density at radius 1 is 1.31 bits per heavy atom. The van der Waals surface area contributed by atoms with Crippen LogP contribution in [-0.2, 0) is 16.1 Å². The molecular weight excluding hydrogens is 336 g/mol. The van der Waals surface area contributed by atoms with Gasteiger partial charge in [0, 0.05) is 20.0 Å². The maximum Gasteiger partial charge on any atom is 0.326 e. The molecule has 0 bridgehead atoms. The van der Waals surface area contributed by atoms with Gasteiger partial charge in [-0.15, -0.1) is 0 Å². The highest BCUT2D eigenvalue weighted by atomic mass is 16.5. The first-order valence-electron chi connectivity index (χ1n) is 8.92. The van der Waals surface area contributed by atoms with Crippen LogP contribution in [0.2, 0.25) is 0 Å². The maximum absolute atomic E-state index is 11.8. The number of carbonyl (C=O) groups excluding carboxylic acids is 1. The van der Waals surface area contributed by atoms with Gasteiger partial charge in [-0.2, -0.15) is 0 Å². The van der Waals surface area contributed by atoms with Gasteiger partial charge in [0.2, 0.25) is 5.91 Å². The fourth-order valence-corrected chi connectivity index (χ4v) is 4.23. The molecule has 2 saturated heterocycles. The molecule has 2 heterocycles. The summed E-state index contributed by atoms with van der Waals surface area (Å²) < 4.78 is 5.16. The van der Waals surface area contributed by atoms with Crippen molar-refractivity contribution in [3.05, 3.63) is 23.8 Å². The molecule has 1 amide bonds. The molecule has 0 aromatic heterocycles. The SMILES string of the molecule is COc1cc(CN2CCC3(CC2)C[C@H](C(=O)O)N(C(C)=O)C3)ccc1O. The molecule has 2 aliphatic heterocycles. The third-order valence-corrected chi connectivity index (χ3v) is 5.76. The number of likely N-dealkylation sites (tertiary alicyclic amines) is 2. The van der Waals surface area contributed by atoms with E-state index < -0.39 is 12.0 Å². The molecule has 2 aliphatic rings. The van der Waals surface area contributed by atoms with Crippen LogP contribution in [0.5, 0.6) is 11.5 Å². The number of carbonyl (C=O) groups is 2. The molecule has 1 aromatic carbocycles. The zero-order chi connectivity index (χ0) is 18.9. The number of phenols is 1. The normalized spacial score (nSPS) is 22.5. The van der Waals surface area contributed by atoms with Crippen molar-refractivity contribution in [1.29, 1.82) is 0 Å². The summed E-state index contributed by atoms with van der Waals surface area (Å²) in [6, 6.07) is 4.67. The summed E-state index contributed by atoms with van der Waals surface area (Å²) >= 11 is 0. The first-order chi connectivity index (χ1) is 12.3. The number of methoxy groups -OCH3 is 1. The van der Waals surface area contributed by atoms with Crippen LogP contribution in [0.3, 0.4) is 0 Å². The van der Waals surface area contributed by atoms with E-state index in [2.05, 4.69) is 4.90 Å². The summed E-state index contributed by atoms with van der Waals surface area (Å²) in [6.45, 7) is 4.47. The Hall–Kier alpha value is -2.28. The summed E-state index contributed by atoms with van der Waals surface area (Å²) in [4.78, 5) is 27.1. The highest BCUT2D eigenvalue weighted by molar-refractivity contribution is 5.83. The number of amides is 1. The van der Waals surface area contributed by atoms with Gasteiger partial charge in [0.25, 0.3) is 0 Å². The number of hydrogen-bond acceptors (Lipinski definition) is 5. The minimum atomic E-state index is -0.907. The quantitative estimate of drug-likeness (QED) is 0.847. The molecule has 1 atom stereocenters. The van der Waals surface area contributed by atoms with Crippen molar-refractivity contribution >= 4 is 11.9 Å². The Bertz CT molecular complexity index is 673. The van der Waals surface area contributed by atoms with E-state index in [4.69, 9.17) is 4.74 Å². The van der Waals surface area contributed by atoms with E-state index in [1.54, 1.807) is 6.07 Å². The highest BCUT2D eigenvalue weighted by Gasteiger charge is 2.48. The van der Waals surface area contributed by atoms with Gasteiger partial charge < -0.3 is 19.8 Å². The molecule has 0 unspecified atom stereocenters. The van der Waals surface area contributed by atoms with Gasteiger partial charge in [-0.05, 0) is 55.5 Å². The number of carboxylic acid groups (broad SMARTS) is 1. The van der Waals surface area contributed by atoms with Crippen LogP contribution in [0.15, 0.2) is 18.2 Å². The van der Waals surface area contributed by atoms with E-state index in [0.29, 0.717) is 18.7 Å². The summed E-state index contributed by atoms with van der Waals surface area (Å²) in [5.41, 5.74) is 0.980. The molecule has 2 fully saturated rings. The van der Waals surface area contributed by atoms with Gasteiger partial charge in [0.15, 0.2) is 11.5 Å². The number of rotatable bonds is 4. The Morgan fingerprint density at radius 3 is 2.54 bits per heavy atom. The summed E-state index contributed by atoms with van der Waals surface area (Å²) in [5.74, 6) is -0.472. The molecule has 142 valence electrons. The lowest BCUT2D eigenvalue weighted by Crippen LogP contribution is -2.42. The number of carboxylic acids is 1. The second-order valence-electron chi connectivity index (χ2n) is 7.49. The third kappa shape index (κ3) is 3.62. The number of aromatic hydroxyl groups is 1. The van der Waals surface area contributed by atoms with Crippen molar-refractivity contribution in [3.8, 4) is 11.5 Å². The van der Waals surface area contributed by atoms with Crippen LogP contribution in [0.4, 0.5) is 0 Å². The molecule has 7 heteroatoms. The Balaban J connectivity index is 1.62. The van der Waals surface area contributed by atoms with Gasteiger partial charge in [0.05, 0.1) is 7.11 Å². The van der Waals surface area contributed by atoms with Crippen LogP contribution in [0.1, 0.15) is 31.7 Å². The topological polar surface area (TPSA) is 90.3 Å². The number of piperidine rings is 1. The lowest BCUT2D eigenvalue weighted by atomic mass is 9.76. The number of ether oxygens (including phenoxy) is 1. The van der Waals surface area contributed by atoms with Gasteiger partial charge in [-0.1, -0.05) is 6.07 Å². The standard InChI is InChI=1S/C19H26N2O5/c1-13(22)21-12-19(10-15(21)18(24)25)5-7-20(8-6-19)11-14-3-4-16(23)17(9-14)26-2/h3-4,9,15,23H,5-8,10-12H2,1-2H3,(H,24,25)/t15-/m1/s1. The van der Waals surface area contributed by atoms with Crippen molar-refractivity contribution in [3.63, 3.8) is 0 Å². The van der Waals surface area contributed by atoms with Crippen molar-refractivity contribution < 1.29 is 24.5 Å².